The van der Waals surface area contributed by atoms with Gasteiger partial charge in [-0.15, -0.1) is 0 Å². The zero-order valence-electron chi connectivity index (χ0n) is 10.3. The third kappa shape index (κ3) is 3.37. The standard InChI is InChI=1S/C12H13BrFN3O2/c1-18-8(6-15)5-11-16-12(17-19-11)9-4-7(14)2-3-10(9)13/h2-4,8H,5-6,15H2,1H3. The average Bonchev–Trinajstić information content (AvgIpc) is 2.87. The number of hydrogen-bond donors (Lipinski definition) is 1. The fourth-order valence-corrected chi connectivity index (χ4v) is 2.00. The van der Waals surface area contributed by atoms with Gasteiger partial charge >= 0.3 is 0 Å². The smallest absolute Gasteiger partial charge is 0.229 e. The van der Waals surface area contributed by atoms with Crippen LogP contribution in [-0.4, -0.2) is 29.9 Å². The monoisotopic (exact) mass is 329 g/mol. The van der Waals surface area contributed by atoms with Crippen LogP contribution < -0.4 is 5.73 Å². The van der Waals surface area contributed by atoms with Crippen molar-refractivity contribution in [2.75, 3.05) is 13.7 Å². The van der Waals surface area contributed by atoms with E-state index in [-0.39, 0.29) is 11.9 Å². The van der Waals surface area contributed by atoms with Gasteiger partial charge in [0, 0.05) is 23.7 Å². The first-order valence-electron chi connectivity index (χ1n) is 5.65. The summed E-state index contributed by atoms with van der Waals surface area (Å²) in [5.41, 5.74) is 6.06. The molecule has 2 N–H and O–H groups in total. The van der Waals surface area contributed by atoms with Crippen LogP contribution in [0.25, 0.3) is 11.4 Å². The van der Waals surface area contributed by atoms with Crippen molar-refractivity contribution in [1.82, 2.24) is 10.1 Å². The number of rotatable bonds is 5. The molecule has 0 amide bonds. The third-order valence-corrected chi connectivity index (χ3v) is 3.33. The van der Waals surface area contributed by atoms with Gasteiger partial charge in [0.05, 0.1) is 12.5 Å². The summed E-state index contributed by atoms with van der Waals surface area (Å²) in [6.45, 7) is 0.359. The van der Waals surface area contributed by atoms with E-state index in [1.807, 2.05) is 0 Å². The first-order valence-corrected chi connectivity index (χ1v) is 6.44. The summed E-state index contributed by atoms with van der Waals surface area (Å²) in [7, 11) is 1.57. The number of benzene rings is 1. The Morgan fingerprint density at radius 2 is 2.32 bits per heavy atom. The minimum Gasteiger partial charge on any atom is -0.380 e. The molecule has 1 unspecified atom stereocenters. The Morgan fingerprint density at radius 3 is 3.00 bits per heavy atom. The Kier molecular flexibility index (Phi) is 4.62. The van der Waals surface area contributed by atoms with Gasteiger partial charge in [-0.3, -0.25) is 0 Å². The summed E-state index contributed by atoms with van der Waals surface area (Å²) in [4.78, 5) is 4.21. The second-order valence-electron chi connectivity index (χ2n) is 3.93. The van der Waals surface area contributed by atoms with Gasteiger partial charge in [-0.1, -0.05) is 21.1 Å². The maximum atomic E-state index is 13.2. The third-order valence-electron chi connectivity index (χ3n) is 2.64. The molecule has 5 nitrogen and oxygen atoms in total. The lowest BCUT2D eigenvalue weighted by Crippen LogP contribution is -2.24. The Bertz CT molecular complexity index is 558. The molecule has 0 bridgehead atoms. The molecule has 1 aromatic carbocycles. The number of methoxy groups -OCH3 is 1. The van der Waals surface area contributed by atoms with E-state index in [1.165, 1.54) is 12.1 Å². The van der Waals surface area contributed by atoms with Crippen LogP contribution in [0.1, 0.15) is 5.89 Å². The lowest BCUT2D eigenvalue weighted by molar-refractivity contribution is 0.102. The van der Waals surface area contributed by atoms with Crippen LogP contribution in [-0.2, 0) is 11.2 Å². The number of halogens is 2. The highest BCUT2D eigenvalue weighted by atomic mass is 79.9. The second-order valence-corrected chi connectivity index (χ2v) is 4.79. The van der Waals surface area contributed by atoms with Crippen LogP contribution in [0.3, 0.4) is 0 Å². The molecular weight excluding hydrogens is 317 g/mol. The van der Waals surface area contributed by atoms with Gasteiger partial charge in [-0.25, -0.2) is 4.39 Å². The van der Waals surface area contributed by atoms with E-state index in [2.05, 4.69) is 26.1 Å². The minimum absolute atomic E-state index is 0.177. The van der Waals surface area contributed by atoms with Gasteiger partial charge in [0.2, 0.25) is 11.7 Å². The predicted molar refractivity (Wildman–Crippen MR) is 70.9 cm³/mol. The van der Waals surface area contributed by atoms with Gasteiger partial charge in [-0.05, 0) is 18.2 Å². The average molecular weight is 330 g/mol. The Labute approximate surface area is 118 Å². The predicted octanol–water partition coefficient (Wildman–Crippen LogP) is 2.15. The van der Waals surface area contributed by atoms with E-state index in [0.29, 0.717) is 34.7 Å². The Morgan fingerprint density at radius 1 is 1.53 bits per heavy atom. The van der Waals surface area contributed by atoms with Crippen molar-refractivity contribution in [3.05, 3.63) is 34.4 Å². The number of hydrogen-bond acceptors (Lipinski definition) is 5. The topological polar surface area (TPSA) is 74.2 Å². The van der Waals surface area contributed by atoms with Crippen molar-refractivity contribution >= 4 is 15.9 Å². The van der Waals surface area contributed by atoms with Crippen LogP contribution in [0.15, 0.2) is 27.2 Å². The summed E-state index contributed by atoms with van der Waals surface area (Å²) < 4.78 is 24.2. The largest absolute Gasteiger partial charge is 0.380 e. The van der Waals surface area contributed by atoms with Crippen LogP contribution in [0.2, 0.25) is 0 Å². The molecule has 0 fully saturated rings. The first kappa shape index (κ1) is 14.1. The molecule has 2 aromatic rings. The molecular formula is C12H13BrFN3O2. The summed E-state index contributed by atoms with van der Waals surface area (Å²) in [5.74, 6) is 0.373. The highest BCUT2D eigenvalue weighted by Crippen LogP contribution is 2.26. The van der Waals surface area contributed by atoms with Crippen molar-refractivity contribution < 1.29 is 13.7 Å². The van der Waals surface area contributed by atoms with E-state index in [0.717, 1.165) is 0 Å². The second kappa shape index (κ2) is 6.23. The van der Waals surface area contributed by atoms with E-state index >= 15 is 0 Å². The zero-order chi connectivity index (χ0) is 13.8. The van der Waals surface area contributed by atoms with Crippen molar-refractivity contribution in [3.63, 3.8) is 0 Å². The molecule has 0 saturated carbocycles. The minimum atomic E-state index is -0.360. The number of nitrogens with two attached hydrogens (primary N) is 1. The van der Waals surface area contributed by atoms with Crippen molar-refractivity contribution in [3.8, 4) is 11.4 Å². The summed E-state index contributed by atoms with van der Waals surface area (Å²) in [6.07, 6.45) is 0.247. The van der Waals surface area contributed by atoms with Crippen molar-refractivity contribution in [2.24, 2.45) is 5.73 Å². The Hall–Kier alpha value is -1.31. The van der Waals surface area contributed by atoms with Gasteiger partial charge < -0.3 is 15.0 Å². The molecule has 7 heteroatoms. The molecule has 1 heterocycles. The van der Waals surface area contributed by atoms with E-state index in [1.54, 1.807) is 13.2 Å². The molecule has 1 atom stereocenters. The van der Waals surface area contributed by atoms with Gasteiger partial charge in [-0.2, -0.15) is 4.98 Å². The van der Waals surface area contributed by atoms with E-state index < -0.39 is 0 Å². The van der Waals surface area contributed by atoms with E-state index in [4.69, 9.17) is 15.0 Å². The fraction of sp³-hybridized carbons (Fsp3) is 0.333. The number of aromatic nitrogens is 2. The highest BCUT2D eigenvalue weighted by molar-refractivity contribution is 9.10. The van der Waals surface area contributed by atoms with Gasteiger partial charge in [0.25, 0.3) is 0 Å². The molecule has 0 aliphatic heterocycles. The maximum absolute atomic E-state index is 13.2. The molecule has 102 valence electrons. The van der Waals surface area contributed by atoms with Crippen LogP contribution in [0, 0.1) is 5.82 Å². The van der Waals surface area contributed by atoms with Crippen LogP contribution >= 0.6 is 15.9 Å². The fourth-order valence-electron chi connectivity index (χ4n) is 1.57. The normalized spacial score (nSPS) is 12.6. The quantitative estimate of drug-likeness (QED) is 0.909. The van der Waals surface area contributed by atoms with Crippen LogP contribution in [0.4, 0.5) is 4.39 Å². The molecule has 19 heavy (non-hydrogen) atoms. The number of ether oxygens (including phenoxy) is 1. The molecule has 0 radical (unpaired) electrons. The Balaban J connectivity index is 2.23. The highest BCUT2D eigenvalue weighted by Gasteiger charge is 2.15. The summed E-state index contributed by atoms with van der Waals surface area (Å²) in [6, 6.07) is 4.29. The SMILES string of the molecule is COC(CN)Cc1nc(-c2cc(F)ccc2Br)no1. The van der Waals surface area contributed by atoms with E-state index in [9.17, 15) is 4.39 Å². The molecule has 2 rings (SSSR count). The zero-order valence-corrected chi connectivity index (χ0v) is 11.9. The van der Waals surface area contributed by atoms with Crippen molar-refractivity contribution in [2.45, 2.75) is 12.5 Å². The number of nitrogens with zero attached hydrogens (tertiary/aromatic N) is 2. The maximum Gasteiger partial charge on any atom is 0.229 e. The molecule has 0 saturated heterocycles. The van der Waals surface area contributed by atoms with Gasteiger partial charge in [0.1, 0.15) is 5.82 Å². The molecule has 0 aliphatic carbocycles. The molecule has 0 spiro atoms. The molecule has 0 aliphatic rings. The first-order chi connectivity index (χ1) is 9.13. The summed E-state index contributed by atoms with van der Waals surface area (Å²) >= 11 is 3.32. The van der Waals surface area contributed by atoms with Crippen molar-refractivity contribution in [1.29, 1.82) is 0 Å². The lowest BCUT2D eigenvalue weighted by atomic mass is 10.2. The molecule has 1 aromatic heterocycles. The lowest BCUT2D eigenvalue weighted by Gasteiger charge is -2.08. The van der Waals surface area contributed by atoms with Crippen LogP contribution in [0.5, 0.6) is 0 Å². The van der Waals surface area contributed by atoms with Gasteiger partial charge in [0.15, 0.2) is 0 Å². The summed E-state index contributed by atoms with van der Waals surface area (Å²) in [5, 5.41) is 3.83.